The summed E-state index contributed by atoms with van der Waals surface area (Å²) in [6.07, 6.45) is 2.30. The summed E-state index contributed by atoms with van der Waals surface area (Å²) >= 11 is 9.55. The number of nitrogens with zero attached hydrogens (tertiary/aromatic N) is 5. The van der Waals surface area contributed by atoms with Crippen LogP contribution in [0.4, 0.5) is 16.2 Å². The number of rotatable bonds is 3. The molecule has 2 atom stereocenters. The summed E-state index contributed by atoms with van der Waals surface area (Å²) in [6.45, 7) is 7.06. The van der Waals surface area contributed by atoms with E-state index in [1.165, 1.54) is 6.42 Å². The lowest BCUT2D eigenvalue weighted by Gasteiger charge is -2.43. The molecule has 2 aliphatic rings. The van der Waals surface area contributed by atoms with Gasteiger partial charge >= 0.3 is 0 Å². The highest BCUT2D eigenvalue weighted by molar-refractivity contribution is 9.10. The number of halogens is 3. The van der Waals surface area contributed by atoms with Gasteiger partial charge in [-0.15, -0.1) is 0 Å². The quantitative estimate of drug-likeness (QED) is 0.615. The van der Waals surface area contributed by atoms with E-state index < -0.39 is 5.82 Å². The van der Waals surface area contributed by atoms with Gasteiger partial charge in [-0.3, -0.25) is 0 Å². The van der Waals surface area contributed by atoms with E-state index in [-0.39, 0.29) is 4.47 Å². The maximum absolute atomic E-state index is 15.1. The Labute approximate surface area is 179 Å². The standard InChI is InChI=1S/C20H26BrClFN5/c1-11-5-6-12(2)28(8-11)19-14-7-15(22)16(21)17(23)18(14)24-20(25-19)27-9-13(10-27)26(3)4/h7,11-13H,5-6,8-10H2,1-4H3/t11-,12-/m0/s1. The fraction of sp³-hybridized carbons (Fsp3) is 0.600. The Bertz CT molecular complexity index is 902. The minimum Gasteiger partial charge on any atom is -0.353 e. The summed E-state index contributed by atoms with van der Waals surface area (Å²) in [5.74, 6) is 1.54. The van der Waals surface area contributed by atoms with Crippen molar-refractivity contribution in [2.45, 2.75) is 38.8 Å². The van der Waals surface area contributed by atoms with Gasteiger partial charge in [0, 0.05) is 37.1 Å². The van der Waals surface area contributed by atoms with Crippen molar-refractivity contribution in [3.05, 3.63) is 21.4 Å². The second-order valence-electron chi connectivity index (χ2n) is 8.44. The van der Waals surface area contributed by atoms with Gasteiger partial charge in [0.2, 0.25) is 5.95 Å². The molecule has 0 unspecified atom stereocenters. The summed E-state index contributed by atoms with van der Waals surface area (Å²) in [5, 5.41) is 1.03. The van der Waals surface area contributed by atoms with Crippen molar-refractivity contribution < 1.29 is 4.39 Å². The van der Waals surface area contributed by atoms with E-state index in [0.29, 0.717) is 39.9 Å². The van der Waals surface area contributed by atoms with Gasteiger partial charge < -0.3 is 14.7 Å². The molecule has 0 saturated carbocycles. The van der Waals surface area contributed by atoms with Crippen molar-refractivity contribution in [1.82, 2.24) is 14.9 Å². The van der Waals surface area contributed by atoms with Crippen molar-refractivity contribution in [3.63, 3.8) is 0 Å². The molecule has 1 aromatic heterocycles. The van der Waals surface area contributed by atoms with Gasteiger partial charge in [0.25, 0.3) is 0 Å². The molecule has 2 aliphatic heterocycles. The SMILES string of the molecule is C[C@H]1CC[C@H](C)N(c2nc(N3CC(N(C)C)C3)nc3c(F)c(Br)c(Cl)cc23)C1. The number of hydrogen-bond donors (Lipinski definition) is 0. The molecular formula is C20H26BrClFN5. The van der Waals surface area contributed by atoms with Gasteiger partial charge in [0.1, 0.15) is 11.3 Å². The van der Waals surface area contributed by atoms with Gasteiger partial charge in [-0.1, -0.05) is 18.5 Å². The number of likely N-dealkylation sites (N-methyl/N-ethyl adjacent to an activating group) is 1. The normalized spacial score (nSPS) is 23.6. The summed E-state index contributed by atoms with van der Waals surface area (Å²) < 4.78 is 15.3. The van der Waals surface area contributed by atoms with Crippen molar-refractivity contribution in [2.75, 3.05) is 43.5 Å². The number of piperidine rings is 1. The maximum Gasteiger partial charge on any atom is 0.228 e. The molecule has 0 amide bonds. The Kier molecular flexibility index (Phi) is 5.44. The predicted molar refractivity (Wildman–Crippen MR) is 117 cm³/mol. The zero-order valence-corrected chi connectivity index (χ0v) is 19.1. The number of hydrogen-bond acceptors (Lipinski definition) is 5. The minimum atomic E-state index is -0.421. The first-order valence-corrected chi connectivity index (χ1v) is 11.0. The van der Waals surface area contributed by atoms with E-state index in [9.17, 15) is 0 Å². The van der Waals surface area contributed by atoms with Crippen LogP contribution in [0.1, 0.15) is 26.7 Å². The summed E-state index contributed by atoms with van der Waals surface area (Å²) in [4.78, 5) is 16.1. The Morgan fingerprint density at radius 1 is 1.18 bits per heavy atom. The average molecular weight is 471 g/mol. The summed E-state index contributed by atoms with van der Waals surface area (Å²) in [7, 11) is 4.15. The van der Waals surface area contributed by atoms with Gasteiger partial charge in [-0.2, -0.15) is 4.98 Å². The lowest BCUT2D eigenvalue weighted by molar-refractivity contribution is 0.245. The molecule has 152 valence electrons. The highest BCUT2D eigenvalue weighted by Crippen LogP contribution is 2.38. The number of anilines is 2. The smallest absolute Gasteiger partial charge is 0.228 e. The molecule has 0 radical (unpaired) electrons. The highest BCUT2D eigenvalue weighted by Gasteiger charge is 2.33. The predicted octanol–water partition coefficient (Wildman–Crippen LogP) is 4.56. The fourth-order valence-corrected chi connectivity index (χ4v) is 4.53. The van der Waals surface area contributed by atoms with Crippen LogP contribution >= 0.6 is 27.5 Å². The molecule has 2 saturated heterocycles. The van der Waals surface area contributed by atoms with Gasteiger partial charge in [-0.05, 0) is 61.8 Å². The number of fused-ring (bicyclic) bond motifs is 1. The molecule has 2 fully saturated rings. The second kappa shape index (κ2) is 7.58. The van der Waals surface area contributed by atoms with E-state index in [0.717, 1.165) is 31.9 Å². The topological polar surface area (TPSA) is 35.5 Å². The molecule has 8 heteroatoms. The maximum atomic E-state index is 15.1. The highest BCUT2D eigenvalue weighted by atomic mass is 79.9. The lowest BCUT2D eigenvalue weighted by atomic mass is 9.95. The van der Waals surface area contributed by atoms with Crippen molar-refractivity contribution in [2.24, 2.45) is 5.92 Å². The van der Waals surface area contributed by atoms with Crippen LogP contribution in [0.2, 0.25) is 5.02 Å². The number of benzene rings is 1. The van der Waals surface area contributed by atoms with Crippen LogP contribution in [-0.2, 0) is 0 Å². The first-order valence-electron chi connectivity index (χ1n) is 9.79. The Morgan fingerprint density at radius 3 is 2.57 bits per heavy atom. The van der Waals surface area contributed by atoms with E-state index in [2.05, 4.69) is 63.6 Å². The zero-order valence-electron chi connectivity index (χ0n) is 16.7. The third-order valence-electron chi connectivity index (χ3n) is 6.06. The zero-order chi connectivity index (χ0) is 20.2. The van der Waals surface area contributed by atoms with Crippen LogP contribution in [-0.4, -0.2) is 60.7 Å². The third kappa shape index (κ3) is 3.46. The lowest BCUT2D eigenvalue weighted by Crippen LogP contribution is -2.58. The van der Waals surface area contributed by atoms with Crippen molar-refractivity contribution in [1.29, 1.82) is 0 Å². The first kappa shape index (κ1) is 20.1. The molecule has 3 heterocycles. The van der Waals surface area contributed by atoms with Gasteiger partial charge in [0.15, 0.2) is 5.82 Å². The Balaban J connectivity index is 1.84. The summed E-state index contributed by atoms with van der Waals surface area (Å²) in [5.41, 5.74) is 0.329. The van der Waals surface area contributed by atoms with Crippen LogP contribution in [0.5, 0.6) is 0 Å². The van der Waals surface area contributed by atoms with Crippen LogP contribution in [0.15, 0.2) is 10.5 Å². The van der Waals surface area contributed by atoms with E-state index in [4.69, 9.17) is 16.6 Å². The number of aromatic nitrogens is 2. The monoisotopic (exact) mass is 469 g/mol. The van der Waals surface area contributed by atoms with Crippen molar-refractivity contribution >= 4 is 50.2 Å². The van der Waals surface area contributed by atoms with Gasteiger partial charge in [-0.25, -0.2) is 9.37 Å². The molecule has 1 aromatic carbocycles. The summed E-state index contributed by atoms with van der Waals surface area (Å²) in [6, 6.07) is 2.60. The Morgan fingerprint density at radius 2 is 1.89 bits per heavy atom. The second-order valence-corrected chi connectivity index (χ2v) is 9.64. The molecule has 28 heavy (non-hydrogen) atoms. The fourth-order valence-electron chi connectivity index (χ4n) is 4.03. The average Bonchev–Trinajstić information content (AvgIpc) is 2.60. The van der Waals surface area contributed by atoms with E-state index in [1.807, 2.05) is 0 Å². The van der Waals surface area contributed by atoms with E-state index >= 15 is 4.39 Å². The Hall–Kier alpha value is -1.18. The molecule has 5 nitrogen and oxygen atoms in total. The molecule has 0 N–H and O–H groups in total. The van der Waals surface area contributed by atoms with E-state index in [1.54, 1.807) is 6.07 Å². The third-order valence-corrected chi connectivity index (χ3v) is 7.36. The van der Waals surface area contributed by atoms with Crippen LogP contribution in [0.25, 0.3) is 10.9 Å². The molecule has 4 rings (SSSR count). The minimum absolute atomic E-state index is 0.257. The molecule has 0 aliphatic carbocycles. The molecular weight excluding hydrogens is 445 g/mol. The van der Waals surface area contributed by atoms with Gasteiger partial charge in [0.05, 0.1) is 9.50 Å². The van der Waals surface area contributed by atoms with Crippen molar-refractivity contribution in [3.8, 4) is 0 Å². The van der Waals surface area contributed by atoms with Crippen LogP contribution in [0, 0.1) is 11.7 Å². The first-order chi connectivity index (χ1) is 13.3. The largest absolute Gasteiger partial charge is 0.353 e. The van der Waals surface area contributed by atoms with Crippen LogP contribution < -0.4 is 9.80 Å². The molecule has 0 bridgehead atoms. The molecule has 0 spiro atoms. The van der Waals surface area contributed by atoms with Crippen LogP contribution in [0.3, 0.4) is 0 Å². The molecule has 2 aromatic rings.